The van der Waals surface area contributed by atoms with Crippen molar-refractivity contribution in [3.63, 3.8) is 0 Å². The zero-order chi connectivity index (χ0) is 15.3. The number of hydrogen-bond donors (Lipinski definition) is 3. The molecule has 0 atom stereocenters. The number of H-pyrrole nitrogens is 1. The Morgan fingerprint density at radius 1 is 1.20 bits per heavy atom. The van der Waals surface area contributed by atoms with Crippen LogP contribution in [0.1, 0.15) is 51.1 Å². The molecule has 0 spiro atoms. The fourth-order valence-corrected chi connectivity index (χ4v) is 1.34. The highest BCUT2D eigenvalue weighted by Crippen LogP contribution is 2.17. The lowest BCUT2D eigenvalue weighted by Gasteiger charge is -2.12. The molecular weight excluding hydrogens is 258 g/mol. The molecule has 0 radical (unpaired) electrons. The molecule has 20 heavy (non-hydrogen) atoms. The van der Waals surface area contributed by atoms with E-state index in [9.17, 15) is 9.59 Å². The van der Waals surface area contributed by atoms with Crippen LogP contribution < -0.4 is 10.6 Å². The van der Waals surface area contributed by atoms with Gasteiger partial charge in [0.2, 0.25) is 11.7 Å². The SMILES string of the molecule is CC(C)C(=O)NCCNC(=O)c1n[nH]c(C(C)(C)C)n1. The van der Waals surface area contributed by atoms with E-state index in [-0.39, 0.29) is 29.0 Å². The fraction of sp³-hybridized carbons (Fsp3) is 0.692. The van der Waals surface area contributed by atoms with Gasteiger partial charge in [-0.15, -0.1) is 5.10 Å². The predicted molar refractivity (Wildman–Crippen MR) is 75.3 cm³/mol. The van der Waals surface area contributed by atoms with E-state index >= 15 is 0 Å². The van der Waals surface area contributed by atoms with E-state index < -0.39 is 0 Å². The van der Waals surface area contributed by atoms with E-state index in [1.54, 1.807) is 0 Å². The topological polar surface area (TPSA) is 99.8 Å². The summed E-state index contributed by atoms with van der Waals surface area (Å²) in [6, 6.07) is 0. The van der Waals surface area contributed by atoms with E-state index in [1.165, 1.54) is 0 Å². The summed E-state index contributed by atoms with van der Waals surface area (Å²) in [6.45, 7) is 10.3. The molecule has 1 heterocycles. The minimum absolute atomic E-state index is 0.0350. The molecule has 0 aromatic carbocycles. The third-order valence-corrected chi connectivity index (χ3v) is 2.63. The quantitative estimate of drug-likeness (QED) is 0.688. The first-order valence-electron chi connectivity index (χ1n) is 6.70. The molecule has 0 aliphatic rings. The second-order valence-corrected chi connectivity index (χ2v) is 5.96. The molecule has 112 valence electrons. The third-order valence-electron chi connectivity index (χ3n) is 2.63. The Labute approximate surface area is 118 Å². The number of nitrogens with zero attached hydrogens (tertiary/aromatic N) is 2. The van der Waals surface area contributed by atoms with Crippen molar-refractivity contribution >= 4 is 11.8 Å². The summed E-state index contributed by atoms with van der Waals surface area (Å²) in [6.07, 6.45) is 0. The van der Waals surface area contributed by atoms with Gasteiger partial charge in [0.1, 0.15) is 5.82 Å². The number of nitrogens with one attached hydrogen (secondary N) is 3. The number of carbonyl (C=O) groups is 2. The first-order chi connectivity index (χ1) is 9.21. The lowest BCUT2D eigenvalue weighted by atomic mass is 9.96. The van der Waals surface area contributed by atoms with Gasteiger partial charge in [-0.3, -0.25) is 14.7 Å². The normalized spacial score (nSPS) is 11.5. The van der Waals surface area contributed by atoms with Crippen molar-refractivity contribution in [1.29, 1.82) is 0 Å². The Morgan fingerprint density at radius 3 is 2.30 bits per heavy atom. The smallest absolute Gasteiger partial charge is 0.291 e. The highest BCUT2D eigenvalue weighted by atomic mass is 16.2. The number of hydrogen-bond acceptors (Lipinski definition) is 4. The van der Waals surface area contributed by atoms with Gasteiger partial charge in [0.05, 0.1) is 0 Å². The fourth-order valence-electron chi connectivity index (χ4n) is 1.34. The molecule has 0 aliphatic carbocycles. The molecule has 0 bridgehead atoms. The predicted octanol–water partition coefficient (Wildman–Crippen LogP) is 0.604. The minimum Gasteiger partial charge on any atom is -0.354 e. The molecule has 7 nitrogen and oxygen atoms in total. The van der Waals surface area contributed by atoms with Crippen molar-refractivity contribution in [3.8, 4) is 0 Å². The van der Waals surface area contributed by atoms with Crippen LogP contribution in [0, 0.1) is 5.92 Å². The van der Waals surface area contributed by atoms with E-state index in [0.29, 0.717) is 18.9 Å². The van der Waals surface area contributed by atoms with Gasteiger partial charge >= 0.3 is 0 Å². The molecular formula is C13H23N5O2. The number of aromatic amines is 1. The maximum Gasteiger partial charge on any atom is 0.291 e. The average Bonchev–Trinajstić information content (AvgIpc) is 2.83. The van der Waals surface area contributed by atoms with E-state index in [2.05, 4.69) is 25.8 Å². The monoisotopic (exact) mass is 281 g/mol. The van der Waals surface area contributed by atoms with Crippen molar-refractivity contribution in [1.82, 2.24) is 25.8 Å². The van der Waals surface area contributed by atoms with Gasteiger partial charge in [0.15, 0.2) is 0 Å². The van der Waals surface area contributed by atoms with Gasteiger partial charge in [-0.1, -0.05) is 34.6 Å². The van der Waals surface area contributed by atoms with Crippen molar-refractivity contribution in [3.05, 3.63) is 11.6 Å². The van der Waals surface area contributed by atoms with Crippen LogP contribution in [0.25, 0.3) is 0 Å². The summed E-state index contributed by atoms with van der Waals surface area (Å²) in [5.41, 5.74) is -0.184. The van der Waals surface area contributed by atoms with Crippen LogP contribution >= 0.6 is 0 Å². The van der Waals surface area contributed by atoms with Gasteiger partial charge in [-0.05, 0) is 0 Å². The first kappa shape index (κ1) is 16.1. The Kier molecular flexibility index (Phi) is 5.24. The molecule has 2 amide bonds. The zero-order valence-electron chi connectivity index (χ0n) is 12.7. The minimum atomic E-state index is -0.351. The van der Waals surface area contributed by atoms with Crippen LogP contribution in [0.3, 0.4) is 0 Å². The van der Waals surface area contributed by atoms with Crippen LogP contribution in [0.2, 0.25) is 0 Å². The largest absolute Gasteiger partial charge is 0.354 e. The van der Waals surface area contributed by atoms with Gasteiger partial charge in [-0.2, -0.15) is 0 Å². The Bertz CT molecular complexity index is 473. The summed E-state index contributed by atoms with van der Waals surface area (Å²) in [4.78, 5) is 27.3. The second kappa shape index (κ2) is 6.49. The summed E-state index contributed by atoms with van der Waals surface area (Å²) in [5, 5.41) is 12.0. The molecule has 0 aliphatic heterocycles. The maximum atomic E-state index is 11.8. The van der Waals surface area contributed by atoms with Crippen LogP contribution in [-0.2, 0) is 10.2 Å². The van der Waals surface area contributed by atoms with Gasteiger partial charge in [-0.25, -0.2) is 4.98 Å². The van der Waals surface area contributed by atoms with Gasteiger partial charge < -0.3 is 10.6 Å². The summed E-state index contributed by atoms with van der Waals surface area (Å²) in [7, 11) is 0. The van der Waals surface area contributed by atoms with Crippen LogP contribution in [0.4, 0.5) is 0 Å². The molecule has 0 unspecified atom stereocenters. The Balaban J connectivity index is 2.40. The van der Waals surface area contributed by atoms with Crippen LogP contribution in [-0.4, -0.2) is 40.1 Å². The van der Waals surface area contributed by atoms with Gasteiger partial charge in [0, 0.05) is 24.4 Å². The zero-order valence-corrected chi connectivity index (χ0v) is 12.7. The number of carbonyl (C=O) groups excluding carboxylic acids is 2. The Hall–Kier alpha value is -1.92. The molecule has 1 aromatic rings. The van der Waals surface area contributed by atoms with E-state index in [1.807, 2.05) is 34.6 Å². The summed E-state index contributed by atoms with van der Waals surface area (Å²) < 4.78 is 0. The Morgan fingerprint density at radius 2 is 1.80 bits per heavy atom. The van der Waals surface area contributed by atoms with E-state index in [0.717, 1.165) is 0 Å². The highest BCUT2D eigenvalue weighted by Gasteiger charge is 2.21. The van der Waals surface area contributed by atoms with Crippen molar-refractivity contribution < 1.29 is 9.59 Å². The molecule has 0 saturated carbocycles. The third kappa shape index (κ3) is 4.64. The molecule has 3 N–H and O–H groups in total. The molecule has 0 saturated heterocycles. The number of rotatable bonds is 5. The van der Waals surface area contributed by atoms with E-state index in [4.69, 9.17) is 0 Å². The van der Waals surface area contributed by atoms with Gasteiger partial charge in [0.25, 0.3) is 5.91 Å². The lowest BCUT2D eigenvalue weighted by Crippen LogP contribution is -2.36. The number of aromatic nitrogens is 3. The van der Waals surface area contributed by atoms with Crippen molar-refractivity contribution in [2.75, 3.05) is 13.1 Å². The maximum absolute atomic E-state index is 11.8. The van der Waals surface area contributed by atoms with Crippen molar-refractivity contribution in [2.45, 2.75) is 40.0 Å². The summed E-state index contributed by atoms with van der Waals surface area (Å²) >= 11 is 0. The number of amides is 2. The molecule has 0 fully saturated rings. The molecule has 7 heteroatoms. The van der Waals surface area contributed by atoms with Crippen LogP contribution in [0.5, 0.6) is 0 Å². The first-order valence-corrected chi connectivity index (χ1v) is 6.70. The second-order valence-electron chi connectivity index (χ2n) is 5.96. The average molecular weight is 281 g/mol. The van der Waals surface area contributed by atoms with Crippen LogP contribution in [0.15, 0.2) is 0 Å². The summed E-state index contributed by atoms with van der Waals surface area (Å²) in [5.74, 6) is 0.330. The molecule has 1 rings (SSSR count). The molecule has 1 aromatic heterocycles. The standard InChI is InChI=1S/C13H23N5O2/c1-8(2)10(19)14-6-7-15-11(20)9-16-12(18-17-9)13(3,4)5/h8H,6-7H2,1-5H3,(H,14,19)(H,15,20)(H,16,17,18). The van der Waals surface area contributed by atoms with Crippen molar-refractivity contribution in [2.24, 2.45) is 5.92 Å². The lowest BCUT2D eigenvalue weighted by molar-refractivity contribution is -0.123. The highest BCUT2D eigenvalue weighted by molar-refractivity contribution is 5.90.